The molecule has 0 saturated heterocycles. The van der Waals surface area contributed by atoms with E-state index in [1.807, 2.05) is 4.72 Å². The average Bonchev–Trinajstić information content (AvgIpc) is 3.43. The lowest BCUT2D eigenvalue weighted by atomic mass is 10.1. The van der Waals surface area contributed by atoms with E-state index in [0.717, 1.165) is 5.56 Å². The lowest BCUT2D eigenvalue weighted by Gasteiger charge is -2.15. The van der Waals surface area contributed by atoms with Crippen molar-refractivity contribution in [3.63, 3.8) is 0 Å². The molecule has 13 heteroatoms. The molecule has 0 unspecified atom stereocenters. The third-order valence-corrected chi connectivity index (χ3v) is 7.06. The summed E-state index contributed by atoms with van der Waals surface area (Å²) < 4.78 is 109. The van der Waals surface area contributed by atoms with Crippen LogP contribution in [0.4, 0.5) is 32.0 Å². The van der Waals surface area contributed by atoms with E-state index in [4.69, 9.17) is 0 Å². The summed E-state index contributed by atoms with van der Waals surface area (Å²) in [6.45, 7) is 0.191. The number of aromatic nitrogens is 2. The first-order valence-electron chi connectivity index (χ1n) is 9.80. The number of anilines is 1. The Labute approximate surface area is 199 Å². The highest BCUT2D eigenvalue weighted by Gasteiger charge is 2.37. The van der Waals surface area contributed by atoms with E-state index in [1.54, 1.807) is 47.8 Å². The molecule has 4 rings (SSSR count). The van der Waals surface area contributed by atoms with Crippen LogP contribution in [-0.4, -0.2) is 18.2 Å². The van der Waals surface area contributed by atoms with E-state index in [1.165, 1.54) is 22.2 Å². The van der Waals surface area contributed by atoms with Crippen molar-refractivity contribution in [3.8, 4) is 10.6 Å². The molecule has 2 aromatic heterocycles. The van der Waals surface area contributed by atoms with Crippen molar-refractivity contribution in [1.82, 2.24) is 9.78 Å². The van der Waals surface area contributed by atoms with Crippen molar-refractivity contribution < 1.29 is 34.8 Å². The number of thiophene rings is 1. The van der Waals surface area contributed by atoms with Crippen molar-refractivity contribution in [2.75, 3.05) is 4.72 Å². The zero-order valence-corrected chi connectivity index (χ0v) is 19.1. The van der Waals surface area contributed by atoms with Crippen LogP contribution < -0.4 is 4.72 Å². The van der Waals surface area contributed by atoms with Gasteiger partial charge in [-0.25, -0.2) is 8.42 Å². The minimum atomic E-state index is -5.12. The largest absolute Gasteiger partial charge is 0.416 e. The highest BCUT2D eigenvalue weighted by Crippen LogP contribution is 2.38. The second kappa shape index (κ2) is 9.04. The van der Waals surface area contributed by atoms with Gasteiger partial charge in [0.15, 0.2) is 0 Å². The zero-order valence-electron chi connectivity index (χ0n) is 17.4. The van der Waals surface area contributed by atoms with Gasteiger partial charge in [-0.1, -0.05) is 36.4 Å². The summed E-state index contributed by atoms with van der Waals surface area (Å²) in [6, 6.07) is 12.8. The van der Waals surface area contributed by atoms with Gasteiger partial charge in [0.2, 0.25) is 0 Å². The van der Waals surface area contributed by atoms with E-state index in [0.29, 0.717) is 17.0 Å². The summed E-state index contributed by atoms with van der Waals surface area (Å²) in [5, 5.41) is 6.00. The van der Waals surface area contributed by atoms with Crippen molar-refractivity contribution in [2.24, 2.45) is 0 Å². The lowest BCUT2D eigenvalue weighted by molar-refractivity contribution is -0.143. The van der Waals surface area contributed by atoms with Crippen molar-refractivity contribution in [3.05, 3.63) is 88.9 Å². The van der Waals surface area contributed by atoms with Crippen LogP contribution in [0.25, 0.3) is 10.6 Å². The summed E-state index contributed by atoms with van der Waals surface area (Å²) >= 11 is 1.18. The van der Waals surface area contributed by atoms with Crippen LogP contribution >= 0.6 is 11.3 Å². The van der Waals surface area contributed by atoms with E-state index in [9.17, 15) is 34.8 Å². The van der Waals surface area contributed by atoms with Crippen LogP contribution in [0.15, 0.2) is 77.1 Å². The number of nitrogens with zero attached hydrogens (tertiary/aromatic N) is 2. The minimum Gasteiger partial charge on any atom is -0.279 e. The second-order valence-electron chi connectivity index (χ2n) is 7.40. The Kier molecular flexibility index (Phi) is 6.40. The number of halogens is 6. The first kappa shape index (κ1) is 24.8. The second-order valence-corrected chi connectivity index (χ2v) is 10.0. The van der Waals surface area contributed by atoms with E-state index < -0.39 is 39.2 Å². The number of alkyl halides is 6. The van der Waals surface area contributed by atoms with Gasteiger partial charge < -0.3 is 0 Å². The van der Waals surface area contributed by atoms with Crippen LogP contribution in [0.3, 0.4) is 0 Å². The Balaban J connectivity index is 1.77. The smallest absolute Gasteiger partial charge is 0.279 e. The molecule has 1 N–H and O–H groups in total. The van der Waals surface area contributed by atoms with Gasteiger partial charge in [-0.3, -0.25) is 9.40 Å². The van der Waals surface area contributed by atoms with E-state index >= 15 is 0 Å². The number of sulfonamides is 1. The molecule has 0 amide bonds. The Morgan fingerprint density at radius 1 is 0.886 bits per heavy atom. The lowest BCUT2D eigenvalue weighted by Crippen LogP contribution is -2.16. The topological polar surface area (TPSA) is 64.0 Å². The maximum Gasteiger partial charge on any atom is 0.416 e. The number of hydrogen-bond donors (Lipinski definition) is 1. The standard InChI is InChI=1S/C22H15F6N3O2S2/c23-21(24,25)15-9-16(22(26,27)28)11-17(10-15)30-35(32,33)19-13-31(12-14-5-2-1-3-6-14)29-20(19)18-7-4-8-34-18/h1-11,13,30H,12H2. The van der Waals surface area contributed by atoms with Gasteiger partial charge in [0, 0.05) is 6.20 Å². The molecular formula is C22H15F6N3O2S2. The Morgan fingerprint density at radius 2 is 1.51 bits per heavy atom. The van der Waals surface area contributed by atoms with Gasteiger partial charge in [0.05, 0.1) is 28.2 Å². The van der Waals surface area contributed by atoms with Gasteiger partial charge >= 0.3 is 12.4 Å². The van der Waals surface area contributed by atoms with Crippen molar-refractivity contribution >= 4 is 27.0 Å². The summed E-state index contributed by atoms with van der Waals surface area (Å²) in [5.74, 6) is 0. The molecule has 35 heavy (non-hydrogen) atoms. The molecule has 5 nitrogen and oxygen atoms in total. The molecule has 0 saturated carbocycles. The maximum atomic E-state index is 13.2. The Morgan fingerprint density at radius 3 is 2.06 bits per heavy atom. The van der Waals surface area contributed by atoms with E-state index in [2.05, 4.69) is 5.10 Å². The van der Waals surface area contributed by atoms with E-state index in [-0.39, 0.29) is 23.2 Å². The molecular weight excluding hydrogens is 516 g/mol. The first-order chi connectivity index (χ1) is 16.3. The molecule has 0 aliphatic rings. The van der Waals surface area contributed by atoms with Crippen molar-refractivity contribution in [1.29, 1.82) is 0 Å². The van der Waals surface area contributed by atoms with Gasteiger partial charge in [-0.2, -0.15) is 31.4 Å². The zero-order chi connectivity index (χ0) is 25.4. The predicted octanol–water partition coefficient (Wildman–Crippen LogP) is 6.50. The third-order valence-electron chi connectivity index (χ3n) is 4.80. The SMILES string of the molecule is O=S(=O)(Nc1cc(C(F)(F)F)cc(C(F)(F)F)c1)c1cn(Cc2ccccc2)nc1-c1cccs1. The molecule has 2 aromatic carbocycles. The van der Waals surface area contributed by atoms with Crippen molar-refractivity contribution in [2.45, 2.75) is 23.8 Å². The maximum absolute atomic E-state index is 13.2. The molecule has 0 aliphatic carbocycles. The van der Waals surface area contributed by atoms with Crippen LogP contribution in [0.2, 0.25) is 0 Å². The highest BCUT2D eigenvalue weighted by atomic mass is 32.2. The summed E-state index contributed by atoms with van der Waals surface area (Å²) in [5.41, 5.74) is -3.32. The molecule has 0 fully saturated rings. The molecule has 184 valence electrons. The third kappa shape index (κ3) is 5.68. The van der Waals surface area contributed by atoms with Gasteiger partial charge in [0.1, 0.15) is 10.6 Å². The van der Waals surface area contributed by atoms with Gasteiger partial charge in [0.25, 0.3) is 10.0 Å². The predicted molar refractivity (Wildman–Crippen MR) is 118 cm³/mol. The quantitative estimate of drug-likeness (QED) is 0.289. The molecule has 0 bridgehead atoms. The molecule has 2 heterocycles. The van der Waals surface area contributed by atoms with Crippen LogP contribution in [0.1, 0.15) is 16.7 Å². The number of rotatable bonds is 6. The van der Waals surface area contributed by atoms with Crippen LogP contribution in [-0.2, 0) is 28.9 Å². The normalized spacial score (nSPS) is 12.6. The average molecular weight is 532 g/mol. The number of hydrogen-bond acceptors (Lipinski definition) is 4. The Bertz CT molecular complexity index is 1400. The molecule has 0 spiro atoms. The fourth-order valence-corrected chi connectivity index (χ4v) is 5.25. The van der Waals surface area contributed by atoms with Gasteiger partial charge in [-0.05, 0) is 35.2 Å². The fraction of sp³-hybridized carbons (Fsp3) is 0.136. The van der Waals surface area contributed by atoms with Crippen LogP contribution in [0, 0.1) is 0 Å². The molecule has 4 aromatic rings. The molecule has 0 atom stereocenters. The number of nitrogens with one attached hydrogen (secondary N) is 1. The highest BCUT2D eigenvalue weighted by molar-refractivity contribution is 7.92. The summed E-state index contributed by atoms with van der Waals surface area (Å²) in [6.07, 6.45) is -9.06. The summed E-state index contributed by atoms with van der Waals surface area (Å²) in [7, 11) is -4.63. The summed E-state index contributed by atoms with van der Waals surface area (Å²) in [4.78, 5) is 0.0686. The Hall–Kier alpha value is -3.32. The monoisotopic (exact) mass is 531 g/mol. The van der Waals surface area contributed by atoms with Gasteiger partial charge in [-0.15, -0.1) is 11.3 Å². The first-order valence-corrected chi connectivity index (χ1v) is 12.2. The molecule has 0 aliphatic heterocycles. The van der Waals surface area contributed by atoms with Crippen LogP contribution in [0.5, 0.6) is 0 Å². The number of benzene rings is 2. The molecule has 0 radical (unpaired) electrons. The fourth-order valence-electron chi connectivity index (χ4n) is 3.26. The minimum absolute atomic E-state index is 0.0199.